The van der Waals surface area contributed by atoms with Crippen molar-refractivity contribution in [2.75, 3.05) is 0 Å². The van der Waals surface area contributed by atoms with E-state index in [1.165, 1.54) is 30.5 Å². The number of hydrogen-bond donors (Lipinski definition) is 1. The summed E-state index contributed by atoms with van der Waals surface area (Å²) >= 11 is 0. The van der Waals surface area contributed by atoms with Crippen LogP contribution in [0.15, 0.2) is 108 Å². The second-order valence-corrected chi connectivity index (χ2v) is 7.75. The fourth-order valence-corrected chi connectivity index (χ4v) is 3.27. The molecule has 0 atom stereocenters. The largest absolute Gasteiger partial charge is 0.489 e. The third kappa shape index (κ3) is 6.77. The van der Waals surface area contributed by atoms with Crippen LogP contribution in [0.4, 0.5) is 5.69 Å². The fraction of sp³-hybridized carbons (Fsp3) is 0.0714. The number of ether oxygens (including phenoxy) is 2. The summed E-state index contributed by atoms with van der Waals surface area (Å²) in [5, 5.41) is 14.8. The zero-order valence-electron chi connectivity index (χ0n) is 19.2. The lowest BCUT2D eigenvalue weighted by Gasteiger charge is -2.12. The van der Waals surface area contributed by atoms with E-state index < -0.39 is 10.8 Å². The Hall–Kier alpha value is -4.98. The summed E-state index contributed by atoms with van der Waals surface area (Å²) in [6.45, 7) is 0.761. The third-order valence-corrected chi connectivity index (χ3v) is 5.18. The lowest BCUT2D eigenvalue weighted by Crippen LogP contribution is -2.17. The van der Waals surface area contributed by atoms with Crippen molar-refractivity contribution in [2.45, 2.75) is 13.2 Å². The number of nitrogens with zero attached hydrogens (tertiary/aromatic N) is 2. The summed E-state index contributed by atoms with van der Waals surface area (Å²) in [6, 6.07) is 30.2. The molecule has 0 saturated heterocycles. The Balaban J connectivity index is 1.46. The van der Waals surface area contributed by atoms with Crippen molar-refractivity contribution in [1.82, 2.24) is 5.43 Å². The summed E-state index contributed by atoms with van der Waals surface area (Å²) in [5.74, 6) is 0.683. The number of hydrogen-bond acceptors (Lipinski definition) is 6. The van der Waals surface area contributed by atoms with E-state index in [2.05, 4.69) is 10.5 Å². The number of carbonyl (C=O) groups is 1. The zero-order valence-corrected chi connectivity index (χ0v) is 19.2. The molecule has 8 nitrogen and oxygen atoms in total. The summed E-state index contributed by atoms with van der Waals surface area (Å²) in [6.07, 6.45) is 1.48. The number of nitro benzene ring substituents is 1. The molecule has 36 heavy (non-hydrogen) atoms. The van der Waals surface area contributed by atoms with Crippen molar-refractivity contribution in [3.8, 4) is 11.5 Å². The number of nitrogens with one attached hydrogen (secondary N) is 1. The minimum atomic E-state index is -0.524. The molecule has 0 fully saturated rings. The van der Waals surface area contributed by atoms with Gasteiger partial charge in [0.05, 0.1) is 11.1 Å². The normalized spacial score (nSPS) is 10.7. The van der Waals surface area contributed by atoms with Crippen LogP contribution in [0.5, 0.6) is 11.5 Å². The number of amides is 1. The van der Waals surface area contributed by atoms with Crippen molar-refractivity contribution >= 4 is 17.8 Å². The Morgan fingerprint density at radius 3 is 2.06 bits per heavy atom. The van der Waals surface area contributed by atoms with Crippen LogP contribution in [0.2, 0.25) is 0 Å². The monoisotopic (exact) mass is 481 g/mol. The lowest BCUT2D eigenvalue weighted by molar-refractivity contribution is -0.384. The van der Waals surface area contributed by atoms with Gasteiger partial charge in [-0.15, -0.1) is 0 Å². The molecular weight excluding hydrogens is 458 g/mol. The SMILES string of the molecule is O=C(NN=Cc1ccc(OCc2ccccc2)cc1OCc1ccccc1)c1ccc([N+](=O)[O-])cc1. The number of carbonyl (C=O) groups excluding carboxylic acids is 1. The van der Waals surface area contributed by atoms with Gasteiger partial charge in [0.15, 0.2) is 0 Å². The quantitative estimate of drug-likeness (QED) is 0.183. The van der Waals surface area contributed by atoms with Crippen molar-refractivity contribution in [3.63, 3.8) is 0 Å². The Labute approximate surface area is 208 Å². The molecule has 0 aromatic heterocycles. The predicted octanol–water partition coefficient (Wildman–Crippen LogP) is 5.52. The Morgan fingerprint density at radius 2 is 1.44 bits per heavy atom. The van der Waals surface area contributed by atoms with E-state index in [0.29, 0.717) is 30.3 Å². The number of rotatable bonds is 10. The fourth-order valence-electron chi connectivity index (χ4n) is 3.27. The zero-order chi connectivity index (χ0) is 25.2. The maximum Gasteiger partial charge on any atom is 0.271 e. The smallest absolute Gasteiger partial charge is 0.271 e. The van der Waals surface area contributed by atoms with Crippen molar-refractivity contribution < 1.29 is 19.2 Å². The number of nitro groups is 1. The first kappa shape index (κ1) is 24.2. The van der Waals surface area contributed by atoms with E-state index in [-0.39, 0.29) is 11.3 Å². The molecular formula is C28H23N3O5. The minimum absolute atomic E-state index is 0.0927. The van der Waals surface area contributed by atoms with Crippen LogP contribution in [0, 0.1) is 10.1 Å². The Kier molecular flexibility index (Phi) is 8.01. The van der Waals surface area contributed by atoms with E-state index in [0.717, 1.165) is 11.1 Å². The molecule has 1 amide bonds. The van der Waals surface area contributed by atoms with Crippen LogP contribution >= 0.6 is 0 Å². The standard InChI is InChI=1S/C28H23N3O5/c32-28(23-11-14-25(15-12-23)31(33)34)30-29-18-24-13-16-26(35-19-21-7-3-1-4-8-21)17-27(24)36-20-22-9-5-2-6-10-22/h1-18H,19-20H2,(H,30,32). The van der Waals surface area contributed by atoms with Crippen LogP contribution in [0.25, 0.3) is 0 Å². The van der Waals surface area contributed by atoms with Gasteiger partial charge in [-0.05, 0) is 35.4 Å². The Morgan fingerprint density at radius 1 is 0.833 bits per heavy atom. The van der Waals surface area contributed by atoms with Gasteiger partial charge in [-0.3, -0.25) is 14.9 Å². The molecule has 0 aliphatic rings. The molecule has 0 spiro atoms. The van der Waals surface area contributed by atoms with Gasteiger partial charge in [0.25, 0.3) is 11.6 Å². The molecule has 0 saturated carbocycles. The molecule has 4 aromatic carbocycles. The molecule has 0 aliphatic carbocycles. The molecule has 8 heteroatoms. The first-order chi connectivity index (χ1) is 17.6. The van der Waals surface area contributed by atoms with Gasteiger partial charge in [0.1, 0.15) is 24.7 Å². The highest BCUT2D eigenvalue weighted by Crippen LogP contribution is 2.25. The van der Waals surface area contributed by atoms with Gasteiger partial charge >= 0.3 is 0 Å². The van der Waals surface area contributed by atoms with E-state index in [9.17, 15) is 14.9 Å². The molecule has 0 heterocycles. The number of benzene rings is 4. The van der Waals surface area contributed by atoms with Crippen LogP contribution in [-0.2, 0) is 13.2 Å². The van der Waals surface area contributed by atoms with Crippen LogP contribution < -0.4 is 14.9 Å². The average Bonchev–Trinajstić information content (AvgIpc) is 2.92. The lowest BCUT2D eigenvalue weighted by atomic mass is 10.2. The second-order valence-electron chi connectivity index (χ2n) is 7.75. The highest BCUT2D eigenvalue weighted by atomic mass is 16.6. The molecule has 0 bridgehead atoms. The minimum Gasteiger partial charge on any atom is -0.489 e. The van der Waals surface area contributed by atoms with E-state index in [1.54, 1.807) is 18.2 Å². The maximum absolute atomic E-state index is 12.3. The van der Waals surface area contributed by atoms with E-state index in [4.69, 9.17) is 9.47 Å². The molecule has 4 rings (SSSR count). The topological polar surface area (TPSA) is 103 Å². The van der Waals surface area contributed by atoms with Crippen molar-refractivity contribution in [2.24, 2.45) is 5.10 Å². The summed E-state index contributed by atoms with van der Waals surface area (Å²) in [4.78, 5) is 22.6. The van der Waals surface area contributed by atoms with Gasteiger partial charge in [-0.25, -0.2) is 5.43 Å². The molecule has 0 aliphatic heterocycles. The number of non-ortho nitro benzene ring substituents is 1. The Bertz CT molecular complexity index is 1340. The molecule has 1 N–H and O–H groups in total. The summed E-state index contributed by atoms with van der Waals surface area (Å²) in [5.41, 5.74) is 5.28. The van der Waals surface area contributed by atoms with Crippen LogP contribution in [-0.4, -0.2) is 17.0 Å². The molecule has 0 radical (unpaired) electrons. The molecule has 4 aromatic rings. The summed E-state index contributed by atoms with van der Waals surface area (Å²) in [7, 11) is 0. The van der Waals surface area contributed by atoms with Gasteiger partial charge in [-0.1, -0.05) is 60.7 Å². The van der Waals surface area contributed by atoms with Gasteiger partial charge < -0.3 is 9.47 Å². The van der Waals surface area contributed by atoms with Gasteiger partial charge in [0.2, 0.25) is 0 Å². The van der Waals surface area contributed by atoms with Crippen LogP contribution in [0.1, 0.15) is 27.0 Å². The van der Waals surface area contributed by atoms with Gasteiger partial charge in [0, 0.05) is 29.3 Å². The second kappa shape index (κ2) is 11.9. The molecule has 0 unspecified atom stereocenters. The van der Waals surface area contributed by atoms with Crippen molar-refractivity contribution in [3.05, 3.63) is 135 Å². The van der Waals surface area contributed by atoms with Crippen molar-refractivity contribution in [1.29, 1.82) is 0 Å². The van der Waals surface area contributed by atoms with Crippen LogP contribution in [0.3, 0.4) is 0 Å². The third-order valence-electron chi connectivity index (χ3n) is 5.18. The van der Waals surface area contributed by atoms with E-state index >= 15 is 0 Å². The first-order valence-electron chi connectivity index (χ1n) is 11.1. The molecule has 180 valence electrons. The highest BCUT2D eigenvalue weighted by Gasteiger charge is 2.10. The maximum atomic E-state index is 12.3. The van der Waals surface area contributed by atoms with E-state index in [1.807, 2.05) is 60.7 Å². The average molecular weight is 482 g/mol. The highest BCUT2D eigenvalue weighted by molar-refractivity contribution is 5.95. The summed E-state index contributed by atoms with van der Waals surface area (Å²) < 4.78 is 12.0. The number of hydrazone groups is 1. The predicted molar refractivity (Wildman–Crippen MR) is 136 cm³/mol. The first-order valence-corrected chi connectivity index (χ1v) is 11.1. The van der Waals surface area contributed by atoms with Gasteiger partial charge in [-0.2, -0.15) is 5.10 Å².